The summed E-state index contributed by atoms with van der Waals surface area (Å²) in [5.74, 6) is 0.257. The average molecular weight is 243 g/mol. The standard InChI is InChI=1S/C13H13N3O2/c17-12-4-2-1-3-9(12)14-13(18)11-7-10(15-16-11)8-5-6-8/h1-4,7-8,17H,5-6H2,(H,14,18)(H,15,16). The Balaban J connectivity index is 1.76. The van der Waals surface area contributed by atoms with E-state index >= 15 is 0 Å². The van der Waals surface area contributed by atoms with E-state index in [4.69, 9.17) is 0 Å². The Morgan fingerprint density at radius 3 is 2.89 bits per heavy atom. The number of para-hydroxylation sites is 2. The highest BCUT2D eigenvalue weighted by Gasteiger charge is 2.26. The second-order valence-electron chi connectivity index (χ2n) is 4.45. The molecule has 5 heteroatoms. The lowest BCUT2D eigenvalue weighted by molar-refractivity contribution is 0.102. The molecule has 0 aliphatic heterocycles. The first kappa shape index (κ1) is 10.8. The van der Waals surface area contributed by atoms with Crippen LogP contribution >= 0.6 is 0 Å². The highest BCUT2D eigenvalue weighted by atomic mass is 16.3. The summed E-state index contributed by atoms with van der Waals surface area (Å²) in [6.07, 6.45) is 2.31. The number of aromatic hydroxyl groups is 1. The van der Waals surface area contributed by atoms with Crippen LogP contribution in [0, 0.1) is 0 Å². The summed E-state index contributed by atoms with van der Waals surface area (Å²) in [7, 11) is 0. The molecule has 1 heterocycles. The van der Waals surface area contributed by atoms with Gasteiger partial charge in [0.25, 0.3) is 5.91 Å². The van der Waals surface area contributed by atoms with Crippen LogP contribution in [0.3, 0.4) is 0 Å². The highest BCUT2D eigenvalue weighted by Crippen LogP contribution is 2.39. The molecule has 1 aromatic heterocycles. The summed E-state index contributed by atoms with van der Waals surface area (Å²) in [5, 5.41) is 19.1. The molecule has 3 rings (SSSR count). The van der Waals surface area contributed by atoms with Crippen LogP contribution in [0.2, 0.25) is 0 Å². The Labute approximate surface area is 104 Å². The Morgan fingerprint density at radius 2 is 2.17 bits per heavy atom. The van der Waals surface area contributed by atoms with E-state index in [1.165, 1.54) is 6.07 Å². The second-order valence-corrected chi connectivity index (χ2v) is 4.45. The van der Waals surface area contributed by atoms with Gasteiger partial charge in [0.1, 0.15) is 5.75 Å². The van der Waals surface area contributed by atoms with Gasteiger partial charge >= 0.3 is 0 Å². The van der Waals surface area contributed by atoms with Gasteiger partial charge in [0.15, 0.2) is 5.69 Å². The summed E-state index contributed by atoms with van der Waals surface area (Å²) in [4.78, 5) is 11.9. The minimum atomic E-state index is -0.320. The van der Waals surface area contributed by atoms with Crippen LogP contribution in [0.15, 0.2) is 30.3 Å². The number of aromatic nitrogens is 2. The van der Waals surface area contributed by atoms with Crippen LogP contribution in [-0.4, -0.2) is 21.2 Å². The van der Waals surface area contributed by atoms with Crippen LogP contribution in [-0.2, 0) is 0 Å². The van der Waals surface area contributed by atoms with Crippen LogP contribution in [0.5, 0.6) is 5.75 Å². The Bertz CT molecular complexity index is 587. The minimum Gasteiger partial charge on any atom is -0.506 e. The predicted octanol–water partition coefficient (Wildman–Crippen LogP) is 2.24. The zero-order chi connectivity index (χ0) is 12.5. The van der Waals surface area contributed by atoms with Gasteiger partial charge < -0.3 is 10.4 Å². The number of carbonyl (C=O) groups excluding carboxylic acids is 1. The molecule has 1 amide bonds. The molecule has 0 atom stereocenters. The normalized spacial score (nSPS) is 14.4. The Morgan fingerprint density at radius 1 is 1.39 bits per heavy atom. The summed E-state index contributed by atoms with van der Waals surface area (Å²) in [5.41, 5.74) is 1.75. The molecular weight excluding hydrogens is 230 g/mol. The predicted molar refractivity (Wildman–Crippen MR) is 66.6 cm³/mol. The van der Waals surface area contributed by atoms with Crippen molar-refractivity contribution in [1.82, 2.24) is 10.2 Å². The number of benzene rings is 1. The third-order valence-electron chi connectivity index (χ3n) is 3.00. The van der Waals surface area contributed by atoms with E-state index in [0.717, 1.165) is 18.5 Å². The molecule has 3 N–H and O–H groups in total. The van der Waals surface area contributed by atoms with Gasteiger partial charge in [-0.25, -0.2) is 0 Å². The molecule has 0 bridgehead atoms. The SMILES string of the molecule is O=C(Nc1ccccc1O)c1cc(C2CC2)[nH]n1. The number of nitrogens with zero attached hydrogens (tertiary/aromatic N) is 1. The van der Waals surface area contributed by atoms with Gasteiger partial charge in [-0.15, -0.1) is 0 Å². The van der Waals surface area contributed by atoms with Crippen molar-refractivity contribution in [2.45, 2.75) is 18.8 Å². The molecule has 1 aliphatic carbocycles. The van der Waals surface area contributed by atoms with Crippen molar-refractivity contribution in [2.24, 2.45) is 0 Å². The molecule has 1 saturated carbocycles. The van der Waals surface area contributed by atoms with E-state index in [1.807, 2.05) is 0 Å². The first-order valence-electron chi connectivity index (χ1n) is 5.88. The van der Waals surface area contributed by atoms with Crippen molar-refractivity contribution in [2.75, 3.05) is 5.32 Å². The molecule has 0 spiro atoms. The zero-order valence-electron chi connectivity index (χ0n) is 9.68. The largest absolute Gasteiger partial charge is 0.506 e. The lowest BCUT2D eigenvalue weighted by atomic mass is 10.2. The van der Waals surface area contributed by atoms with Crippen LogP contribution < -0.4 is 5.32 Å². The van der Waals surface area contributed by atoms with Crippen molar-refractivity contribution in [3.05, 3.63) is 41.7 Å². The molecule has 92 valence electrons. The van der Waals surface area contributed by atoms with Crippen molar-refractivity contribution in [3.63, 3.8) is 0 Å². The van der Waals surface area contributed by atoms with Gasteiger partial charge in [-0.05, 0) is 31.0 Å². The van der Waals surface area contributed by atoms with Gasteiger partial charge in [-0.3, -0.25) is 9.89 Å². The number of carbonyl (C=O) groups is 1. The molecule has 1 fully saturated rings. The van der Waals surface area contributed by atoms with Gasteiger partial charge in [0, 0.05) is 11.6 Å². The van der Waals surface area contributed by atoms with Crippen LogP contribution in [0.4, 0.5) is 5.69 Å². The lowest BCUT2D eigenvalue weighted by Gasteiger charge is -2.04. The number of phenols is 1. The number of anilines is 1. The fourth-order valence-electron chi connectivity index (χ4n) is 1.82. The summed E-state index contributed by atoms with van der Waals surface area (Å²) in [6, 6.07) is 8.38. The number of nitrogens with one attached hydrogen (secondary N) is 2. The fourth-order valence-corrected chi connectivity index (χ4v) is 1.82. The molecule has 2 aromatic rings. The van der Waals surface area contributed by atoms with Gasteiger partial charge in [-0.2, -0.15) is 5.10 Å². The summed E-state index contributed by atoms with van der Waals surface area (Å²) < 4.78 is 0. The minimum absolute atomic E-state index is 0.0452. The number of hydrogen-bond acceptors (Lipinski definition) is 3. The van der Waals surface area contributed by atoms with Crippen molar-refractivity contribution < 1.29 is 9.90 Å². The van der Waals surface area contributed by atoms with E-state index < -0.39 is 0 Å². The smallest absolute Gasteiger partial charge is 0.276 e. The Kier molecular flexibility index (Phi) is 2.51. The van der Waals surface area contributed by atoms with Crippen molar-refractivity contribution in [1.29, 1.82) is 0 Å². The number of rotatable bonds is 3. The number of H-pyrrole nitrogens is 1. The number of hydrogen-bond donors (Lipinski definition) is 3. The van der Waals surface area contributed by atoms with Crippen LogP contribution in [0.25, 0.3) is 0 Å². The van der Waals surface area contributed by atoms with Gasteiger partial charge in [0.05, 0.1) is 5.69 Å². The molecule has 5 nitrogen and oxygen atoms in total. The molecule has 0 saturated heterocycles. The average Bonchev–Trinajstić information content (AvgIpc) is 3.10. The second kappa shape index (κ2) is 4.18. The van der Waals surface area contributed by atoms with Gasteiger partial charge in [-0.1, -0.05) is 12.1 Å². The topological polar surface area (TPSA) is 78.0 Å². The first-order valence-corrected chi connectivity index (χ1v) is 5.88. The lowest BCUT2D eigenvalue weighted by Crippen LogP contribution is -2.12. The van der Waals surface area contributed by atoms with E-state index in [1.54, 1.807) is 24.3 Å². The number of phenolic OH excluding ortho intramolecular Hbond substituents is 1. The van der Waals surface area contributed by atoms with Crippen molar-refractivity contribution in [3.8, 4) is 5.75 Å². The van der Waals surface area contributed by atoms with Gasteiger partial charge in [0.2, 0.25) is 0 Å². The number of amides is 1. The molecule has 0 unspecified atom stereocenters. The molecule has 0 radical (unpaired) electrons. The molecule has 18 heavy (non-hydrogen) atoms. The van der Waals surface area contributed by atoms with E-state index in [9.17, 15) is 9.90 Å². The Hall–Kier alpha value is -2.30. The molecule has 1 aromatic carbocycles. The summed E-state index contributed by atoms with van der Waals surface area (Å²) in [6.45, 7) is 0. The highest BCUT2D eigenvalue weighted by molar-refractivity contribution is 6.03. The monoisotopic (exact) mass is 243 g/mol. The maximum atomic E-state index is 11.9. The number of aromatic amines is 1. The quantitative estimate of drug-likeness (QED) is 0.723. The van der Waals surface area contributed by atoms with Crippen molar-refractivity contribution >= 4 is 11.6 Å². The molecule has 1 aliphatic rings. The fraction of sp³-hybridized carbons (Fsp3) is 0.231. The maximum absolute atomic E-state index is 11.9. The molecular formula is C13H13N3O2. The third kappa shape index (κ3) is 2.07. The van der Waals surface area contributed by atoms with E-state index in [2.05, 4.69) is 15.5 Å². The summed E-state index contributed by atoms with van der Waals surface area (Å²) >= 11 is 0. The van der Waals surface area contributed by atoms with E-state index in [-0.39, 0.29) is 11.7 Å². The van der Waals surface area contributed by atoms with Crippen LogP contribution in [0.1, 0.15) is 34.9 Å². The zero-order valence-corrected chi connectivity index (χ0v) is 9.68. The first-order chi connectivity index (χ1) is 8.74. The third-order valence-corrected chi connectivity index (χ3v) is 3.00. The maximum Gasteiger partial charge on any atom is 0.276 e. The van der Waals surface area contributed by atoms with E-state index in [0.29, 0.717) is 17.3 Å².